The van der Waals surface area contributed by atoms with Crippen LogP contribution in [0, 0.1) is 5.92 Å². The third kappa shape index (κ3) is 1.93. The lowest BCUT2D eigenvalue weighted by atomic mass is 9.97. The van der Waals surface area contributed by atoms with Crippen LogP contribution in [0.4, 0.5) is 0 Å². The number of benzene rings is 1. The maximum atomic E-state index is 12.1. The van der Waals surface area contributed by atoms with E-state index in [4.69, 9.17) is 9.47 Å². The van der Waals surface area contributed by atoms with Crippen molar-refractivity contribution < 1.29 is 19.1 Å². The number of cyclic esters (lactones) is 1. The topological polar surface area (TPSA) is 64.6 Å². The number of carbonyl (C=O) groups is 2. The zero-order valence-corrected chi connectivity index (χ0v) is 12.0. The first kappa shape index (κ1) is 13.1. The Morgan fingerprint density at radius 1 is 1.32 bits per heavy atom. The van der Waals surface area contributed by atoms with Gasteiger partial charge in [-0.05, 0) is 24.5 Å². The van der Waals surface area contributed by atoms with Gasteiger partial charge in [-0.3, -0.25) is 4.79 Å². The lowest BCUT2D eigenvalue weighted by molar-refractivity contribution is -0.152. The van der Waals surface area contributed by atoms with Crippen LogP contribution in [0.5, 0.6) is 0 Å². The third-order valence-electron chi connectivity index (χ3n) is 4.44. The van der Waals surface area contributed by atoms with Crippen LogP contribution in [0.2, 0.25) is 0 Å². The first-order valence-electron chi connectivity index (χ1n) is 7.27. The number of carbonyl (C=O) groups excluding carboxylic acids is 2. The van der Waals surface area contributed by atoms with Crippen molar-refractivity contribution in [3.05, 3.63) is 58.9 Å². The van der Waals surface area contributed by atoms with Crippen LogP contribution < -0.4 is 5.32 Å². The molecular formula is C17H15NO4. The molecule has 1 aromatic rings. The van der Waals surface area contributed by atoms with E-state index in [0.29, 0.717) is 11.1 Å². The number of rotatable bonds is 2. The van der Waals surface area contributed by atoms with Crippen LogP contribution in [0.25, 0.3) is 0 Å². The molecular weight excluding hydrogens is 282 g/mol. The van der Waals surface area contributed by atoms with Gasteiger partial charge in [0.1, 0.15) is 0 Å². The summed E-state index contributed by atoms with van der Waals surface area (Å²) in [6.45, 7) is 1.67. The maximum Gasteiger partial charge on any atom is 0.336 e. The molecule has 2 aliphatic heterocycles. The fourth-order valence-corrected chi connectivity index (χ4v) is 3.31. The Labute approximate surface area is 127 Å². The van der Waals surface area contributed by atoms with Gasteiger partial charge in [0.2, 0.25) is 0 Å². The van der Waals surface area contributed by atoms with Crippen LogP contribution >= 0.6 is 0 Å². The fraction of sp³-hybridized carbons (Fsp3) is 0.294. The number of ether oxygens (including phenoxy) is 2. The van der Waals surface area contributed by atoms with Crippen molar-refractivity contribution in [3.63, 3.8) is 0 Å². The highest BCUT2D eigenvalue weighted by Crippen LogP contribution is 2.44. The molecule has 3 atom stereocenters. The van der Waals surface area contributed by atoms with Crippen molar-refractivity contribution in [1.29, 1.82) is 0 Å². The van der Waals surface area contributed by atoms with Gasteiger partial charge in [0.05, 0.1) is 17.9 Å². The summed E-state index contributed by atoms with van der Waals surface area (Å²) in [5.74, 6) is -0.424. The Hall–Kier alpha value is -2.56. The van der Waals surface area contributed by atoms with Crippen molar-refractivity contribution >= 4 is 11.9 Å². The third-order valence-corrected chi connectivity index (χ3v) is 4.44. The number of esters is 1. The first-order valence-corrected chi connectivity index (χ1v) is 7.27. The maximum absolute atomic E-state index is 12.1. The van der Waals surface area contributed by atoms with Gasteiger partial charge in [-0.15, -0.1) is 0 Å². The van der Waals surface area contributed by atoms with Gasteiger partial charge in [-0.2, -0.15) is 0 Å². The van der Waals surface area contributed by atoms with Gasteiger partial charge in [0.15, 0.2) is 0 Å². The van der Waals surface area contributed by atoms with Crippen LogP contribution in [0.15, 0.2) is 47.7 Å². The standard InChI is InChI=1S/C17H15NO4/c1-9-6-14(22-17(9)20)21-8-13-12-7-10-4-2-3-5-11(10)15(12)18-16(13)19/h2-6,8,12,14-15H,7H2,1H3,(H,18,19)/b13-8+/t12?,14-,15?/m1/s1. The van der Waals surface area contributed by atoms with Crippen LogP contribution in [-0.4, -0.2) is 18.2 Å². The number of amides is 1. The van der Waals surface area contributed by atoms with Crippen molar-refractivity contribution in [2.24, 2.45) is 5.92 Å². The minimum Gasteiger partial charge on any atom is -0.458 e. The highest BCUT2D eigenvalue weighted by atomic mass is 16.7. The molecule has 112 valence electrons. The van der Waals surface area contributed by atoms with Crippen molar-refractivity contribution in [3.8, 4) is 0 Å². The van der Waals surface area contributed by atoms with E-state index >= 15 is 0 Å². The number of hydrogen-bond acceptors (Lipinski definition) is 4. The molecule has 2 unspecified atom stereocenters. The van der Waals surface area contributed by atoms with E-state index in [-0.39, 0.29) is 23.8 Å². The van der Waals surface area contributed by atoms with E-state index in [1.54, 1.807) is 13.0 Å². The molecule has 4 rings (SSSR count). The molecule has 0 bridgehead atoms. The van der Waals surface area contributed by atoms with E-state index < -0.39 is 6.29 Å². The predicted octanol–water partition coefficient (Wildman–Crippen LogP) is 1.76. The summed E-state index contributed by atoms with van der Waals surface area (Å²) in [5, 5.41) is 3.00. The Balaban J connectivity index is 1.55. The van der Waals surface area contributed by atoms with Gasteiger partial charge >= 0.3 is 5.97 Å². The number of fused-ring (bicyclic) bond motifs is 3. The fourth-order valence-electron chi connectivity index (χ4n) is 3.31. The van der Waals surface area contributed by atoms with Crippen LogP contribution in [-0.2, 0) is 25.5 Å². The van der Waals surface area contributed by atoms with E-state index in [2.05, 4.69) is 17.4 Å². The molecule has 3 aliphatic rings. The zero-order chi connectivity index (χ0) is 15.3. The van der Waals surface area contributed by atoms with E-state index in [0.717, 1.165) is 6.42 Å². The molecule has 22 heavy (non-hydrogen) atoms. The highest BCUT2D eigenvalue weighted by molar-refractivity contribution is 5.97. The molecule has 1 aliphatic carbocycles. The summed E-state index contributed by atoms with van der Waals surface area (Å²) in [5.41, 5.74) is 3.55. The van der Waals surface area contributed by atoms with Crippen molar-refractivity contribution in [1.82, 2.24) is 5.32 Å². The summed E-state index contributed by atoms with van der Waals surface area (Å²) < 4.78 is 10.5. The predicted molar refractivity (Wildman–Crippen MR) is 77.3 cm³/mol. The molecule has 5 heteroatoms. The summed E-state index contributed by atoms with van der Waals surface area (Å²) >= 11 is 0. The lowest BCUT2D eigenvalue weighted by Gasteiger charge is -2.11. The van der Waals surface area contributed by atoms with Gasteiger partial charge in [-0.25, -0.2) is 4.79 Å². The van der Waals surface area contributed by atoms with Gasteiger partial charge < -0.3 is 14.8 Å². The molecule has 0 radical (unpaired) electrons. The Morgan fingerprint density at radius 2 is 2.14 bits per heavy atom. The average Bonchev–Trinajstić information content (AvgIpc) is 3.10. The molecule has 0 spiro atoms. The van der Waals surface area contributed by atoms with Crippen LogP contribution in [0.3, 0.4) is 0 Å². The van der Waals surface area contributed by atoms with Gasteiger partial charge in [0, 0.05) is 17.6 Å². The van der Waals surface area contributed by atoms with Gasteiger partial charge in [0.25, 0.3) is 12.2 Å². The molecule has 0 aromatic heterocycles. The lowest BCUT2D eigenvalue weighted by Crippen LogP contribution is -2.19. The summed E-state index contributed by atoms with van der Waals surface area (Å²) in [6, 6.07) is 8.14. The van der Waals surface area contributed by atoms with E-state index in [1.165, 1.54) is 17.4 Å². The summed E-state index contributed by atoms with van der Waals surface area (Å²) in [7, 11) is 0. The van der Waals surface area contributed by atoms with Gasteiger partial charge in [-0.1, -0.05) is 24.3 Å². The molecule has 1 N–H and O–H groups in total. The Bertz CT molecular complexity index is 734. The first-order chi connectivity index (χ1) is 10.6. The molecule has 1 aromatic carbocycles. The second-order valence-electron chi connectivity index (χ2n) is 5.79. The highest BCUT2D eigenvalue weighted by Gasteiger charge is 2.44. The number of nitrogens with one attached hydrogen (secondary N) is 1. The molecule has 1 fully saturated rings. The minimum atomic E-state index is -0.740. The molecule has 0 saturated carbocycles. The number of hydrogen-bond donors (Lipinski definition) is 1. The van der Waals surface area contributed by atoms with Crippen molar-refractivity contribution in [2.45, 2.75) is 25.7 Å². The van der Waals surface area contributed by atoms with Crippen molar-refractivity contribution in [2.75, 3.05) is 0 Å². The average molecular weight is 297 g/mol. The summed E-state index contributed by atoms with van der Waals surface area (Å²) in [4.78, 5) is 23.5. The van der Waals surface area contributed by atoms with Crippen LogP contribution in [0.1, 0.15) is 24.1 Å². The zero-order valence-electron chi connectivity index (χ0n) is 12.0. The largest absolute Gasteiger partial charge is 0.458 e. The normalized spacial score (nSPS) is 30.7. The quantitative estimate of drug-likeness (QED) is 0.513. The molecule has 5 nitrogen and oxygen atoms in total. The minimum absolute atomic E-state index is 0.0157. The monoisotopic (exact) mass is 297 g/mol. The second-order valence-corrected chi connectivity index (χ2v) is 5.79. The van der Waals surface area contributed by atoms with E-state index in [9.17, 15) is 9.59 Å². The van der Waals surface area contributed by atoms with E-state index in [1.807, 2.05) is 12.1 Å². The molecule has 1 amide bonds. The Kier molecular flexibility index (Phi) is 2.82. The molecule has 1 saturated heterocycles. The molecule has 2 heterocycles. The smallest absolute Gasteiger partial charge is 0.336 e. The second kappa shape index (κ2) is 4.73. The summed E-state index contributed by atoms with van der Waals surface area (Å²) in [6.07, 6.45) is 3.12. The SMILES string of the molecule is CC1=C[C@H](O/C=C2/C(=O)NC3c4ccccc4CC23)OC1=O. The Morgan fingerprint density at radius 3 is 2.91 bits per heavy atom.